The molecule has 13 heavy (non-hydrogen) atoms. The van der Waals surface area contributed by atoms with Crippen molar-refractivity contribution in [2.45, 2.75) is 18.6 Å². The van der Waals surface area contributed by atoms with Crippen molar-refractivity contribution < 1.29 is 13.2 Å². The van der Waals surface area contributed by atoms with E-state index in [9.17, 15) is 13.2 Å². The van der Waals surface area contributed by atoms with Gasteiger partial charge in [0.05, 0.1) is 12.5 Å². The van der Waals surface area contributed by atoms with Crippen LogP contribution in [0.2, 0.25) is 0 Å². The summed E-state index contributed by atoms with van der Waals surface area (Å²) in [4.78, 5) is 7.25. The molecule has 1 rings (SSSR count). The van der Waals surface area contributed by atoms with Crippen LogP contribution in [0.1, 0.15) is 18.3 Å². The maximum atomic E-state index is 11.9. The molecule has 1 aromatic heterocycles. The molecule has 0 bridgehead atoms. The summed E-state index contributed by atoms with van der Waals surface area (Å²) in [7, 11) is 0. The quantitative estimate of drug-likeness (QED) is 0.769. The third kappa shape index (κ3) is 3.37. The van der Waals surface area contributed by atoms with Crippen LogP contribution in [0, 0.1) is 0 Å². The number of rotatable bonds is 2. The summed E-state index contributed by atoms with van der Waals surface area (Å²) in [6.45, 7) is 0. The van der Waals surface area contributed by atoms with E-state index in [1.807, 2.05) is 0 Å². The van der Waals surface area contributed by atoms with Gasteiger partial charge in [-0.1, -0.05) is 0 Å². The SMILES string of the molecule is NC(CC(F)(F)F)c1ncccn1. The fourth-order valence-corrected chi connectivity index (χ4v) is 0.843. The minimum absolute atomic E-state index is 0.0137. The van der Waals surface area contributed by atoms with Crippen molar-refractivity contribution in [3.8, 4) is 0 Å². The first kappa shape index (κ1) is 9.91. The van der Waals surface area contributed by atoms with Gasteiger partial charge < -0.3 is 5.73 Å². The van der Waals surface area contributed by atoms with Crippen LogP contribution < -0.4 is 5.73 Å². The molecule has 0 aromatic carbocycles. The van der Waals surface area contributed by atoms with E-state index in [0.717, 1.165) is 0 Å². The van der Waals surface area contributed by atoms with E-state index in [1.165, 1.54) is 18.5 Å². The Morgan fingerprint density at radius 1 is 1.31 bits per heavy atom. The van der Waals surface area contributed by atoms with Crippen LogP contribution in [-0.2, 0) is 0 Å². The van der Waals surface area contributed by atoms with E-state index in [2.05, 4.69) is 9.97 Å². The number of hydrogen-bond donors (Lipinski definition) is 1. The van der Waals surface area contributed by atoms with Gasteiger partial charge in [0.2, 0.25) is 0 Å². The average molecular weight is 191 g/mol. The molecule has 1 atom stereocenters. The Balaban J connectivity index is 2.64. The molecule has 0 aliphatic carbocycles. The summed E-state index contributed by atoms with van der Waals surface area (Å²) in [5.74, 6) is 0.0137. The van der Waals surface area contributed by atoms with Crippen LogP contribution in [0.5, 0.6) is 0 Å². The number of hydrogen-bond acceptors (Lipinski definition) is 3. The van der Waals surface area contributed by atoms with Crippen LogP contribution in [-0.4, -0.2) is 16.1 Å². The lowest BCUT2D eigenvalue weighted by Crippen LogP contribution is -2.21. The lowest BCUT2D eigenvalue weighted by atomic mass is 10.2. The molecule has 0 spiro atoms. The Bertz CT molecular complexity index is 259. The largest absolute Gasteiger partial charge is 0.391 e. The second-order valence-corrected chi connectivity index (χ2v) is 2.53. The van der Waals surface area contributed by atoms with Crippen LogP contribution in [0.4, 0.5) is 13.2 Å². The zero-order chi connectivity index (χ0) is 9.90. The molecule has 3 nitrogen and oxygen atoms in total. The van der Waals surface area contributed by atoms with Crippen molar-refractivity contribution in [1.82, 2.24) is 9.97 Å². The van der Waals surface area contributed by atoms with Gasteiger partial charge in [-0.2, -0.15) is 13.2 Å². The van der Waals surface area contributed by atoms with Crippen LogP contribution >= 0.6 is 0 Å². The fourth-order valence-electron chi connectivity index (χ4n) is 0.843. The fraction of sp³-hybridized carbons (Fsp3) is 0.429. The van der Waals surface area contributed by atoms with Gasteiger partial charge in [0, 0.05) is 12.4 Å². The molecule has 0 saturated heterocycles. The van der Waals surface area contributed by atoms with Crippen molar-refractivity contribution in [2.24, 2.45) is 5.73 Å². The molecule has 0 aliphatic heterocycles. The summed E-state index contributed by atoms with van der Waals surface area (Å²) in [5, 5.41) is 0. The summed E-state index contributed by atoms with van der Waals surface area (Å²) in [5.41, 5.74) is 5.24. The monoisotopic (exact) mass is 191 g/mol. The highest BCUT2D eigenvalue weighted by atomic mass is 19.4. The Morgan fingerprint density at radius 3 is 2.31 bits per heavy atom. The smallest absolute Gasteiger partial charge is 0.321 e. The van der Waals surface area contributed by atoms with Crippen molar-refractivity contribution in [3.63, 3.8) is 0 Å². The number of nitrogens with two attached hydrogens (primary N) is 1. The molecule has 1 aromatic rings. The highest BCUT2D eigenvalue weighted by Gasteiger charge is 2.31. The molecular weight excluding hydrogens is 183 g/mol. The molecule has 2 N–H and O–H groups in total. The van der Waals surface area contributed by atoms with Crippen LogP contribution in [0.15, 0.2) is 18.5 Å². The summed E-state index contributed by atoms with van der Waals surface area (Å²) >= 11 is 0. The van der Waals surface area contributed by atoms with E-state index in [-0.39, 0.29) is 5.82 Å². The molecule has 0 radical (unpaired) electrons. The normalized spacial score (nSPS) is 14.2. The standard InChI is InChI=1S/C7H8F3N3/c8-7(9,10)4-5(11)6-12-2-1-3-13-6/h1-3,5H,4,11H2. The van der Waals surface area contributed by atoms with Gasteiger partial charge in [0.15, 0.2) is 0 Å². The van der Waals surface area contributed by atoms with Crippen molar-refractivity contribution in [1.29, 1.82) is 0 Å². The number of nitrogens with zero attached hydrogens (tertiary/aromatic N) is 2. The van der Waals surface area contributed by atoms with E-state index in [0.29, 0.717) is 0 Å². The predicted octanol–water partition coefficient (Wildman–Crippen LogP) is 1.43. The lowest BCUT2D eigenvalue weighted by Gasteiger charge is -2.11. The highest BCUT2D eigenvalue weighted by molar-refractivity contribution is 4.95. The maximum absolute atomic E-state index is 11.9. The zero-order valence-corrected chi connectivity index (χ0v) is 6.62. The lowest BCUT2D eigenvalue weighted by molar-refractivity contribution is -0.138. The summed E-state index contributed by atoms with van der Waals surface area (Å²) in [6, 6.07) is 0.338. The van der Waals surface area contributed by atoms with Crippen molar-refractivity contribution in [2.75, 3.05) is 0 Å². The average Bonchev–Trinajstić information content (AvgIpc) is 2.03. The van der Waals surface area contributed by atoms with E-state index in [1.54, 1.807) is 0 Å². The van der Waals surface area contributed by atoms with Crippen molar-refractivity contribution >= 4 is 0 Å². The van der Waals surface area contributed by atoms with Crippen LogP contribution in [0.3, 0.4) is 0 Å². The maximum Gasteiger partial charge on any atom is 0.391 e. The first-order valence-corrected chi connectivity index (χ1v) is 3.58. The van der Waals surface area contributed by atoms with Gasteiger partial charge in [0.25, 0.3) is 0 Å². The summed E-state index contributed by atoms with van der Waals surface area (Å²) < 4.78 is 35.6. The first-order chi connectivity index (χ1) is 5.99. The van der Waals surface area contributed by atoms with Gasteiger partial charge in [-0.05, 0) is 6.07 Å². The van der Waals surface area contributed by atoms with Gasteiger partial charge in [0.1, 0.15) is 5.82 Å². The molecule has 0 aliphatic rings. The Kier molecular flexibility index (Phi) is 2.82. The van der Waals surface area contributed by atoms with Gasteiger partial charge in [-0.25, -0.2) is 9.97 Å². The second kappa shape index (κ2) is 3.69. The van der Waals surface area contributed by atoms with Gasteiger partial charge >= 0.3 is 6.18 Å². The van der Waals surface area contributed by atoms with Gasteiger partial charge in [-0.15, -0.1) is 0 Å². The number of aromatic nitrogens is 2. The molecule has 1 heterocycles. The summed E-state index contributed by atoms with van der Waals surface area (Å²) in [6.07, 6.45) is -2.66. The Morgan fingerprint density at radius 2 is 1.85 bits per heavy atom. The first-order valence-electron chi connectivity index (χ1n) is 3.58. The number of halogens is 3. The molecule has 0 saturated carbocycles. The molecular formula is C7H8F3N3. The zero-order valence-electron chi connectivity index (χ0n) is 6.62. The molecule has 0 amide bonds. The Labute approximate surface area is 72.8 Å². The van der Waals surface area contributed by atoms with E-state index < -0.39 is 18.6 Å². The molecule has 1 unspecified atom stereocenters. The topological polar surface area (TPSA) is 51.8 Å². The minimum atomic E-state index is -4.28. The molecule has 72 valence electrons. The third-order valence-electron chi connectivity index (χ3n) is 1.37. The van der Waals surface area contributed by atoms with Crippen LogP contribution in [0.25, 0.3) is 0 Å². The Hall–Kier alpha value is -1.17. The minimum Gasteiger partial charge on any atom is -0.321 e. The predicted molar refractivity (Wildman–Crippen MR) is 39.6 cm³/mol. The van der Waals surface area contributed by atoms with Gasteiger partial charge in [-0.3, -0.25) is 0 Å². The highest BCUT2D eigenvalue weighted by Crippen LogP contribution is 2.25. The van der Waals surface area contributed by atoms with Crippen molar-refractivity contribution in [3.05, 3.63) is 24.3 Å². The van der Waals surface area contributed by atoms with E-state index in [4.69, 9.17) is 5.73 Å². The second-order valence-electron chi connectivity index (χ2n) is 2.53. The molecule has 6 heteroatoms. The third-order valence-corrected chi connectivity index (χ3v) is 1.37. The molecule has 0 fully saturated rings. The van der Waals surface area contributed by atoms with E-state index >= 15 is 0 Å². The number of alkyl halides is 3.